The number of amides is 5. The quantitative estimate of drug-likeness (QED) is 0.200. The van der Waals surface area contributed by atoms with Gasteiger partial charge < -0.3 is 36.4 Å². The molecule has 0 aromatic heterocycles. The molecule has 0 spiro atoms. The van der Waals surface area contributed by atoms with Crippen molar-refractivity contribution in [2.45, 2.75) is 82.8 Å². The smallest absolute Gasteiger partial charge is 0.408 e. The SMILES string of the molecule is CC(C)(C)NC(=O)C1CCCN1C(=O)C(O)C(Cc1ccccc1)NC(=O)C(CC(N)=O)NC(=O)OCc1cccc2ccccc12. The number of benzene rings is 3. The summed E-state index contributed by atoms with van der Waals surface area (Å²) < 4.78 is 5.39. The average molecular weight is 646 g/mol. The van der Waals surface area contributed by atoms with Crippen molar-refractivity contribution in [2.75, 3.05) is 6.54 Å². The van der Waals surface area contributed by atoms with Gasteiger partial charge in [-0.15, -0.1) is 0 Å². The first-order chi connectivity index (χ1) is 22.3. The molecule has 4 unspecified atom stereocenters. The van der Waals surface area contributed by atoms with E-state index in [2.05, 4.69) is 16.0 Å². The van der Waals surface area contributed by atoms with Gasteiger partial charge in [0, 0.05) is 12.1 Å². The normalized spacial score (nSPS) is 16.5. The third-order valence-electron chi connectivity index (χ3n) is 7.85. The van der Waals surface area contributed by atoms with E-state index in [0.29, 0.717) is 18.4 Å². The van der Waals surface area contributed by atoms with E-state index in [9.17, 15) is 29.1 Å². The Bertz CT molecular complexity index is 1580. The van der Waals surface area contributed by atoms with Crippen LogP contribution < -0.4 is 21.7 Å². The molecular formula is C35H43N5O7. The predicted molar refractivity (Wildman–Crippen MR) is 176 cm³/mol. The molecule has 3 aromatic carbocycles. The molecule has 1 aliphatic rings. The number of carbonyl (C=O) groups excluding carboxylic acids is 5. The van der Waals surface area contributed by atoms with Crippen LogP contribution in [0.5, 0.6) is 0 Å². The standard InChI is InChI=1S/C35H43N5O7/c1-35(2,3)39-32(44)28-17-10-18-40(28)33(45)30(42)26(19-22-11-5-4-6-12-22)37-31(43)27(20-29(36)41)38-34(46)47-21-24-15-9-14-23-13-7-8-16-25(23)24/h4-9,11-16,26-28,30,42H,10,17-21H2,1-3H3,(H2,36,41)(H,37,43)(H,38,46)(H,39,44). The molecule has 6 N–H and O–H groups in total. The minimum Gasteiger partial charge on any atom is -0.445 e. The van der Waals surface area contributed by atoms with E-state index >= 15 is 0 Å². The van der Waals surface area contributed by atoms with Gasteiger partial charge in [-0.1, -0.05) is 72.8 Å². The van der Waals surface area contributed by atoms with Crippen LogP contribution in [0, 0.1) is 0 Å². The van der Waals surface area contributed by atoms with Crippen LogP contribution in [0.15, 0.2) is 72.8 Å². The summed E-state index contributed by atoms with van der Waals surface area (Å²) in [5, 5.41) is 21.2. The fourth-order valence-corrected chi connectivity index (χ4v) is 5.65. The molecule has 5 amide bonds. The van der Waals surface area contributed by atoms with Crippen molar-refractivity contribution in [3.05, 3.63) is 83.9 Å². The van der Waals surface area contributed by atoms with Crippen LogP contribution in [0.1, 0.15) is 51.2 Å². The van der Waals surface area contributed by atoms with Crippen molar-refractivity contribution < 1.29 is 33.8 Å². The molecule has 250 valence electrons. The maximum Gasteiger partial charge on any atom is 0.408 e. The second kappa shape index (κ2) is 15.5. The van der Waals surface area contributed by atoms with Gasteiger partial charge in [-0.25, -0.2) is 4.79 Å². The lowest BCUT2D eigenvalue weighted by Gasteiger charge is -2.32. The maximum absolute atomic E-state index is 13.7. The highest BCUT2D eigenvalue weighted by Gasteiger charge is 2.41. The van der Waals surface area contributed by atoms with E-state index in [0.717, 1.165) is 16.3 Å². The number of hydrogen-bond acceptors (Lipinski definition) is 7. The Hall–Kier alpha value is -4.97. The zero-order valence-electron chi connectivity index (χ0n) is 26.9. The molecule has 0 radical (unpaired) electrons. The molecule has 4 rings (SSSR count). The van der Waals surface area contributed by atoms with Gasteiger partial charge in [-0.2, -0.15) is 0 Å². The first-order valence-corrected chi connectivity index (χ1v) is 15.7. The number of carbonyl (C=O) groups is 5. The summed E-state index contributed by atoms with van der Waals surface area (Å²) in [6.45, 7) is 5.67. The van der Waals surface area contributed by atoms with Crippen LogP contribution in [0.2, 0.25) is 0 Å². The van der Waals surface area contributed by atoms with Crippen molar-refractivity contribution in [2.24, 2.45) is 5.73 Å². The lowest BCUT2D eigenvalue weighted by Crippen LogP contribution is -2.59. The number of hydrogen-bond donors (Lipinski definition) is 5. The van der Waals surface area contributed by atoms with Crippen LogP contribution >= 0.6 is 0 Å². The molecule has 1 heterocycles. The largest absolute Gasteiger partial charge is 0.445 e. The average Bonchev–Trinajstić information content (AvgIpc) is 3.52. The fraction of sp³-hybridized carbons (Fsp3) is 0.400. The Morgan fingerprint density at radius 3 is 2.34 bits per heavy atom. The number of nitrogens with two attached hydrogens (primary N) is 1. The second-order valence-electron chi connectivity index (χ2n) is 12.8. The van der Waals surface area contributed by atoms with Gasteiger partial charge in [0.1, 0.15) is 18.7 Å². The van der Waals surface area contributed by atoms with E-state index in [1.807, 2.05) is 63.2 Å². The molecule has 0 bridgehead atoms. The van der Waals surface area contributed by atoms with Crippen molar-refractivity contribution >= 4 is 40.5 Å². The van der Waals surface area contributed by atoms with Crippen molar-refractivity contribution in [1.82, 2.24) is 20.9 Å². The molecule has 4 atom stereocenters. The molecule has 47 heavy (non-hydrogen) atoms. The highest BCUT2D eigenvalue weighted by molar-refractivity contribution is 5.93. The number of nitrogens with zero attached hydrogens (tertiary/aromatic N) is 1. The molecule has 1 aliphatic heterocycles. The molecule has 1 saturated heterocycles. The molecular weight excluding hydrogens is 602 g/mol. The third-order valence-corrected chi connectivity index (χ3v) is 7.85. The maximum atomic E-state index is 13.7. The number of likely N-dealkylation sites (tertiary alicyclic amines) is 1. The molecule has 3 aromatic rings. The van der Waals surface area contributed by atoms with Gasteiger partial charge in [-0.05, 0) is 61.9 Å². The first kappa shape index (κ1) is 34.9. The summed E-state index contributed by atoms with van der Waals surface area (Å²) in [4.78, 5) is 66.3. The van der Waals surface area contributed by atoms with Gasteiger partial charge in [0.15, 0.2) is 6.10 Å². The predicted octanol–water partition coefficient (Wildman–Crippen LogP) is 2.30. The Morgan fingerprint density at radius 2 is 1.64 bits per heavy atom. The van der Waals surface area contributed by atoms with E-state index in [-0.39, 0.29) is 25.5 Å². The number of ether oxygens (including phenoxy) is 1. The van der Waals surface area contributed by atoms with Crippen LogP contribution in [-0.2, 0) is 36.9 Å². The van der Waals surface area contributed by atoms with Gasteiger partial charge >= 0.3 is 6.09 Å². The summed E-state index contributed by atoms with van der Waals surface area (Å²) in [7, 11) is 0. The van der Waals surface area contributed by atoms with Gasteiger partial charge in [-0.3, -0.25) is 19.2 Å². The zero-order chi connectivity index (χ0) is 34.1. The summed E-state index contributed by atoms with van der Waals surface area (Å²) in [6.07, 6.45) is -2.21. The minimum atomic E-state index is -1.74. The van der Waals surface area contributed by atoms with Crippen LogP contribution in [0.3, 0.4) is 0 Å². The summed E-state index contributed by atoms with van der Waals surface area (Å²) in [5.41, 5.74) is 6.34. The highest BCUT2D eigenvalue weighted by Crippen LogP contribution is 2.22. The highest BCUT2D eigenvalue weighted by atomic mass is 16.5. The number of alkyl carbamates (subject to hydrolysis) is 1. The molecule has 0 saturated carbocycles. The lowest BCUT2D eigenvalue weighted by atomic mass is 9.99. The second-order valence-corrected chi connectivity index (χ2v) is 12.8. The Kier molecular flexibility index (Phi) is 11.5. The van der Waals surface area contributed by atoms with Crippen LogP contribution in [0.25, 0.3) is 10.8 Å². The number of fused-ring (bicyclic) bond motifs is 1. The van der Waals surface area contributed by atoms with Crippen molar-refractivity contribution in [3.63, 3.8) is 0 Å². The molecule has 0 aliphatic carbocycles. The van der Waals surface area contributed by atoms with E-state index in [1.165, 1.54) is 4.90 Å². The Balaban J connectivity index is 1.48. The Labute approximate surface area is 274 Å². The van der Waals surface area contributed by atoms with Gasteiger partial charge in [0.05, 0.1) is 12.5 Å². The molecule has 12 heteroatoms. The van der Waals surface area contributed by atoms with E-state index in [4.69, 9.17) is 10.5 Å². The van der Waals surface area contributed by atoms with E-state index in [1.54, 1.807) is 30.3 Å². The minimum absolute atomic E-state index is 0.0427. The van der Waals surface area contributed by atoms with Crippen LogP contribution in [0.4, 0.5) is 4.79 Å². The Morgan fingerprint density at radius 1 is 0.957 bits per heavy atom. The summed E-state index contributed by atoms with van der Waals surface area (Å²) >= 11 is 0. The summed E-state index contributed by atoms with van der Waals surface area (Å²) in [6, 6.07) is 18.7. The monoisotopic (exact) mass is 645 g/mol. The number of primary amides is 1. The number of nitrogens with one attached hydrogen (secondary N) is 3. The molecule has 12 nitrogen and oxygen atoms in total. The van der Waals surface area contributed by atoms with Gasteiger partial charge in [0.25, 0.3) is 5.91 Å². The third kappa shape index (κ3) is 9.76. The number of aliphatic hydroxyl groups is 1. The molecule has 1 fully saturated rings. The number of aliphatic hydroxyl groups excluding tert-OH is 1. The first-order valence-electron chi connectivity index (χ1n) is 15.7. The zero-order valence-corrected chi connectivity index (χ0v) is 26.9. The topological polar surface area (TPSA) is 180 Å². The summed E-state index contributed by atoms with van der Waals surface area (Å²) in [5.74, 6) is -2.75. The van der Waals surface area contributed by atoms with Crippen LogP contribution in [-0.4, -0.2) is 76.0 Å². The number of rotatable bonds is 12. The van der Waals surface area contributed by atoms with Crippen molar-refractivity contribution in [3.8, 4) is 0 Å². The fourth-order valence-electron chi connectivity index (χ4n) is 5.65. The lowest BCUT2D eigenvalue weighted by molar-refractivity contribution is -0.147. The van der Waals surface area contributed by atoms with Gasteiger partial charge in [0.2, 0.25) is 17.7 Å². The van der Waals surface area contributed by atoms with Crippen molar-refractivity contribution in [1.29, 1.82) is 0 Å². The van der Waals surface area contributed by atoms with E-state index < -0.39 is 60.0 Å².